The van der Waals surface area contributed by atoms with E-state index in [2.05, 4.69) is 15.3 Å². The number of nitrogens with zero attached hydrogens (tertiary/aromatic N) is 1. The summed E-state index contributed by atoms with van der Waals surface area (Å²) in [6.45, 7) is 5.36. The van der Waals surface area contributed by atoms with Crippen LogP contribution in [-0.2, 0) is 4.79 Å². The van der Waals surface area contributed by atoms with E-state index in [4.69, 9.17) is 0 Å². The Morgan fingerprint density at radius 2 is 2.00 bits per heavy atom. The third-order valence-corrected chi connectivity index (χ3v) is 4.79. The van der Waals surface area contributed by atoms with Gasteiger partial charge in [0.05, 0.1) is 16.3 Å². The Labute approximate surface area is 150 Å². The van der Waals surface area contributed by atoms with Gasteiger partial charge >= 0.3 is 0 Å². The molecule has 1 aromatic heterocycles. The van der Waals surface area contributed by atoms with Gasteiger partial charge in [-0.15, -0.1) is 0 Å². The van der Waals surface area contributed by atoms with E-state index in [0.717, 1.165) is 16.6 Å². The topological polar surface area (TPSA) is 74.8 Å². The van der Waals surface area contributed by atoms with Crippen molar-refractivity contribution in [2.45, 2.75) is 31.2 Å². The number of carbonyl (C=O) groups excluding carboxylic acids is 2. The molecule has 1 amide bonds. The number of aromatic nitrogens is 2. The smallest absolute Gasteiger partial charge is 0.237 e. The second kappa shape index (κ2) is 7.11. The summed E-state index contributed by atoms with van der Waals surface area (Å²) in [5.41, 5.74) is 4.19. The number of aromatic amines is 1. The Balaban J connectivity index is 1.69. The summed E-state index contributed by atoms with van der Waals surface area (Å²) in [5, 5.41) is 3.22. The second-order valence-electron chi connectivity index (χ2n) is 5.95. The highest BCUT2D eigenvalue weighted by atomic mass is 32.2. The predicted molar refractivity (Wildman–Crippen MR) is 101 cm³/mol. The second-order valence-corrected chi connectivity index (χ2v) is 7.28. The van der Waals surface area contributed by atoms with Gasteiger partial charge in [-0.1, -0.05) is 30.0 Å². The fraction of sp³-hybridized carbons (Fsp3) is 0.211. The van der Waals surface area contributed by atoms with E-state index in [-0.39, 0.29) is 16.9 Å². The molecule has 128 valence electrons. The van der Waals surface area contributed by atoms with E-state index in [1.165, 1.54) is 18.7 Å². The van der Waals surface area contributed by atoms with Gasteiger partial charge in [0.1, 0.15) is 0 Å². The fourth-order valence-electron chi connectivity index (χ4n) is 2.44. The molecule has 0 radical (unpaired) electrons. The molecule has 1 unspecified atom stereocenters. The number of aryl methyl sites for hydroxylation is 1. The minimum atomic E-state index is -0.331. The number of Topliss-reactive ketones (excluding diaryl/α,β-unsaturated/α-hetero) is 1. The number of fused-ring (bicyclic) bond motifs is 1. The number of amides is 1. The molecule has 2 aromatic carbocycles. The van der Waals surface area contributed by atoms with E-state index < -0.39 is 0 Å². The van der Waals surface area contributed by atoms with Gasteiger partial charge in [0.2, 0.25) is 5.91 Å². The maximum Gasteiger partial charge on any atom is 0.237 e. The van der Waals surface area contributed by atoms with Gasteiger partial charge in [-0.05, 0) is 50.6 Å². The van der Waals surface area contributed by atoms with Crippen molar-refractivity contribution in [1.82, 2.24) is 9.97 Å². The van der Waals surface area contributed by atoms with Crippen molar-refractivity contribution in [2.75, 3.05) is 5.32 Å². The zero-order chi connectivity index (χ0) is 18.0. The number of benzene rings is 2. The van der Waals surface area contributed by atoms with Crippen molar-refractivity contribution < 1.29 is 9.59 Å². The van der Waals surface area contributed by atoms with Crippen LogP contribution in [0, 0.1) is 6.92 Å². The van der Waals surface area contributed by atoms with Crippen molar-refractivity contribution >= 4 is 40.2 Å². The Morgan fingerprint density at radius 3 is 2.76 bits per heavy atom. The van der Waals surface area contributed by atoms with Crippen molar-refractivity contribution in [3.05, 3.63) is 53.6 Å². The monoisotopic (exact) mass is 353 g/mol. The lowest BCUT2D eigenvalue weighted by atomic mass is 10.1. The summed E-state index contributed by atoms with van der Waals surface area (Å²) in [5.74, 6) is -0.168. The minimum absolute atomic E-state index is 0.0314. The number of hydrogen-bond donors (Lipinski definition) is 2. The van der Waals surface area contributed by atoms with Gasteiger partial charge < -0.3 is 10.3 Å². The van der Waals surface area contributed by atoms with Gasteiger partial charge in [-0.3, -0.25) is 9.59 Å². The van der Waals surface area contributed by atoms with Crippen LogP contribution in [0.15, 0.2) is 47.6 Å². The van der Waals surface area contributed by atoms with Gasteiger partial charge in [-0.25, -0.2) is 4.98 Å². The number of anilines is 1. The van der Waals surface area contributed by atoms with Crippen LogP contribution in [0.3, 0.4) is 0 Å². The van der Waals surface area contributed by atoms with Crippen LogP contribution < -0.4 is 5.32 Å². The first-order chi connectivity index (χ1) is 11.9. The minimum Gasteiger partial charge on any atom is -0.333 e. The lowest BCUT2D eigenvalue weighted by molar-refractivity contribution is -0.115. The molecular weight excluding hydrogens is 334 g/mol. The number of nitrogens with one attached hydrogen (secondary N) is 2. The first-order valence-corrected chi connectivity index (χ1v) is 8.85. The van der Waals surface area contributed by atoms with Crippen LogP contribution in [0.4, 0.5) is 5.69 Å². The molecule has 0 saturated carbocycles. The molecule has 0 bridgehead atoms. The Bertz CT molecular complexity index is 949. The van der Waals surface area contributed by atoms with Crippen molar-refractivity contribution in [3.63, 3.8) is 0 Å². The summed E-state index contributed by atoms with van der Waals surface area (Å²) in [4.78, 5) is 31.6. The third kappa shape index (κ3) is 4.09. The summed E-state index contributed by atoms with van der Waals surface area (Å²) >= 11 is 1.37. The lowest BCUT2D eigenvalue weighted by Gasteiger charge is -2.11. The lowest BCUT2D eigenvalue weighted by Crippen LogP contribution is -2.22. The van der Waals surface area contributed by atoms with Crippen LogP contribution in [0.2, 0.25) is 0 Å². The average molecular weight is 353 g/mol. The number of imidazole rings is 1. The molecule has 0 spiro atoms. The summed E-state index contributed by atoms with van der Waals surface area (Å²) < 4.78 is 0. The fourth-order valence-corrected chi connectivity index (χ4v) is 3.26. The number of rotatable bonds is 5. The van der Waals surface area contributed by atoms with Crippen LogP contribution >= 0.6 is 11.8 Å². The Hall–Kier alpha value is -2.60. The third-order valence-electron chi connectivity index (χ3n) is 3.81. The van der Waals surface area contributed by atoms with Gasteiger partial charge in [0.25, 0.3) is 0 Å². The van der Waals surface area contributed by atoms with E-state index in [1.807, 2.05) is 32.0 Å². The standard InChI is InChI=1S/C19H19N3O2S/c1-11-7-8-16-17(9-11)22-19(21-16)25-13(3)18(24)20-15-6-4-5-14(10-15)12(2)23/h4-10,13H,1-3H3,(H,20,24)(H,21,22). The normalized spacial score (nSPS) is 12.1. The highest BCUT2D eigenvalue weighted by molar-refractivity contribution is 8.00. The average Bonchev–Trinajstić information content (AvgIpc) is 2.96. The number of hydrogen-bond acceptors (Lipinski definition) is 4. The Morgan fingerprint density at radius 1 is 1.20 bits per heavy atom. The molecule has 25 heavy (non-hydrogen) atoms. The van der Waals surface area contributed by atoms with E-state index in [1.54, 1.807) is 24.3 Å². The maximum atomic E-state index is 12.4. The highest BCUT2D eigenvalue weighted by Gasteiger charge is 2.17. The maximum absolute atomic E-state index is 12.4. The molecule has 0 aliphatic heterocycles. The molecule has 0 aliphatic rings. The zero-order valence-corrected chi connectivity index (χ0v) is 15.1. The number of thioether (sulfide) groups is 1. The summed E-state index contributed by atoms with van der Waals surface area (Å²) in [6, 6.07) is 12.9. The van der Waals surface area contributed by atoms with E-state index >= 15 is 0 Å². The SMILES string of the molecule is CC(=O)c1cccc(NC(=O)C(C)Sc2nc3ccc(C)cc3[nH]2)c1. The summed E-state index contributed by atoms with van der Waals surface area (Å²) in [6.07, 6.45) is 0. The highest BCUT2D eigenvalue weighted by Crippen LogP contribution is 2.25. The molecule has 3 rings (SSSR count). The van der Waals surface area contributed by atoms with Gasteiger partial charge in [0, 0.05) is 11.3 Å². The quantitative estimate of drug-likeness (QED) is 0.533. The van der Waals surface area contributed by atoms with E-state index in [9.17, 15) is 9.59 Å². The largest absolute Gasteiger partial charge is 0.333 e. The zero-order valence-electron chi connectivity index (χ0n) is 14.3. The van der Waals surface area contributed by atoms with Crippen LogP contribution in [-0.4, -0.2) is 26.9 Å². The molecule has 6 heteroatoms. The van der Waals surface area contributed by atoms with Crippen molar-refractivity contribution in [3.8, 4) is 0 Å². The predicted octanol–water partition coefficient (Wildman–Crippen LogP) is 4.19. The molecule has 0 aliphatic carbocycles. The van der Waals surface area contributed by atoms with Gasteiger partial charge in [0.15, 0.2) is 10.9 Å². The first-order valence-electron chi connectivity index (χ1n) is 7.97. The van der Waals surface area contributed by atoms with Gasteiger partial charge in [-0.2, -0.15) is 0 Å². The number of carbonyl (C=O) groups is 2. The van der Waals surface area contributed by atoms with Crippen LogP contribution in [0.25, 0.3) is 11.0 Å². The first kappa shape index (κ1) is 17.2. The molecule has 1 atom stereocenters. The molecule has 3 aromatic rings. The van der Waals surface area contributed by atoms with Crippen molar-refractivity contribution in [2.24, 2.45) is 0 Å². The summed E-state index contributed by atoms with van der Waals surface area (Å²) in [7, 11) is 0. The van der Waals surface area contributed by atoms with Crippen LogP contribution in [0.1, 0.15) is 29.8 Å². The molecular formula is C19H19N3O2S. The molecule has 0 saturated heterocycles. The molecule has 5 nitrogen and oxygen atoms in total. The molecule has 0 fully saturated rings. The van der Waals surface area contributed by atoms with E-state index in [0.29, 0.717) is 16.4 Å². The number of ketones is 1. The van der Waals surface area contributed by atoms with Crippen molar-refractivity contribution in [1.29, 1.82) is 0 Å². The van der Waals surface area contributed by atoms with Crippen LogP contribution in [0.5, 0.6) is 0 Å². The Kier molecular flexibility index (Phi) is 4.90. The molecule has 1 heterocycles. The molecule has 2 N–H and O–H groups in total. The number of H-pyrrole nitrogens is 1.